The molecule has 0 saturated heterocycles. The molecule has 0 aliphatic heterocycles. The Morgan fingerprint density at radius 2 is 1.41 bits per heavy atom. The van der Waals surface area contributed by atoms with Crippen LogP contribution in [0.4, 0.5) is 11.4 Å². The first-order valence-corrected chi connectivity index (χ1v) is 13.9. The predicted molar refractivity (Wildman–Crippen MR) is 167 cm³/mol. The molecule has 5 aromatic rings. The van der Waals surface area contributed by atoms with Gasteiger partial charge in [0.1, 0.15) is 18.1 Å². The lowest BCUT2D eigenvalue weighted by Crippen LogP contribution is -2.22. The average Bonchev–Trinajstić information content (AvgIpc) is 3.01. The van der Waals surface area contributed by atoms with Gasteiger partial charge in [-0.15, -0.1) is 0 Å². The van der Waals surface area contributed by atoms with Crippen molar-refractivity contribution in [2.75, 3.05) is 44.2 Å². The maximum absolute atomic E-state index is 5.91. The van der Waals surface area contributed by atoms with Crippen molar-refractivity contribution in [3.8, 4) is 11.5 Å². The number of methoxy groups -OCH3 is 1. The zero-order valence-electron chi connectivity index (χ0n) is 24.0. The number of pyridine rings is 1. The molecule has 1 heterocycles. The van der Waals surface area contributed by atoms with Crippen LogP contribution in [0.15, 0.2) is 109 Å². The number of benzene rings is 4. The second-order valence-electron chi connectivity index (χ2n) is 10.2. The number of fused-ring (bicyclic) bond motifs is 1. The van der Waals surface area contributed by atoms with Gasteiger partial charge in [-0.2, -0.15) is 0 Å². The van der Waals surface area contributed by atoms with E-state index in [9.17, 15) is 0 Å². The fraction of sp³-hybridized carbons (Fsp3) is 0.229. The summed E-state index contributed by atoms with van der Waals surface area (Å²) in [5, 5.41) is 1.15. The molecule has 0 fully saturated rings. The molecule has 210 valence electrons. The van der Waals surface area contributed by atoms with Crippen LogP contribution >= 0.6 is 0 Å². The van der Waals surface area contributed by atoms with Gasteiger partial charge in [0.25, 0.3) is 0 Å². The Balaban J connectivity index is 1.22. The molecule has 1 aromatic heterocycles. The minimum atomic E-state index is 0.504. The molecule has 6 nitrogen and oxygen atoms in total. The Labute approximate surface area is 242 Å². The Morgan fingerprint density at radius 3 is 2.22 bits per heavy atom. The van der Waals surface area contributed by atoms with E-state index in [0.29, 0.717) is 19.8 Å². The highest BCUT2D eigenvalue weighted by Gasteiger charge is 2.11. The van der Waals surface area contributed by atoms with Gasteiger partial charge < -0.3 is 24.0 Å². The highest BCUT2D eigenvalue weighted by molar-refractivity contribution is 5.79. The summed E-state index contributed by atoms with van der Waals surface area (Å²) in [7, 11) is 5.74. The summed E-state index contributed by atoms with van der Waals surface area (Å²) in [6.45, 7) is 3.06. The van der Waals surface area contributed by atoms with E-state index < -0.39 is 0 Å². The molecule has 0 spiro atoms. The van der Waals surface area contributed by atoms with Crippen LogP contribution in [-0.2, 0) is 24.4 Å². The van der Waals surface area contributed by atoms with Crippen molar-refractivity contribution in [1.82, 2.24) is 4.98 Å². The molecular formula is C35H37N3O3. The summed E-state index contributed by atoms with van der Waals surface area (Å²) in [5.74, 6) is 1.71. The van der Waals surface area contributed by atoms with Crippen LogP contribution in [0.1, 0.15) is 16.7 Å². The topological polar surface area (TPSA) is 47.1 Å². The number of rotatable bonds is 13. The molecule has 0 aliphatic carbocycles. The third kappa shape index (κ3) is 7.77. The van der Waals surface area contributed by atoms with Crippen molar-refractivity contribution in [1.29, 1.82) is 0 Å². The summed E-state index contributed by atoms with van der Waals surface area (Å²) >= 11 is 0. The van der Waals surface area contributed by atoms with E-state index in [4.69, 9.17) is 14.2 Å². The lowest BCUT2D eigenvalue weighted by atomic mass is 10.1. The molecule has 0 N–H and O–H groups in total. The normalized spacial score (nSPS) is 10.9. The smallest absolute Gasteiger partial charge is 0.121 e. The third-order valence-electron chi connectivity index (χ3n) is 6.95. The summed E-state index contributed by atoms with van der Waals surface area (Å²) in [6, 6.07) is 35.5. The van der Waals surface area contributed by atoms with E-state index in [1.165, 1.54) is 11.1 Å². The Bertz CT molecular complexity index is 1550. The van der Waals surface area contributed by atoms with Gasteiger partial charge in [0.15, 0.2) is 0 Å². The molecule has 0 amide bonds. The van der Waals surface area contributed by atoms with Gasteiger partial charge in [0, 0.05) is 56.2 Å². The molecule has 4 aromatic carbocycles. The van der Waals surface area contributed by atoms with E-state index in [2.05, 4.69) is 81.5 Å². The van der Waals surface area contributed by atoms with Crippen molar-refractivity contribution in [3.63, 3.8) is 0 Å². The van der Waals surface area contributed by atoms with Crippen LogP contribution < -0.4 is 19.3 Å². The molecule has 0 aliphatic rings. The van der Waals surface area contributed by atoms with Gasteiger partial charge >= 0.3 is 0 Å². The molecule has 0 bridgehead atoms. The first-order valence-electron chi connectivity index (χ1n) is 13.9. The summed E-state index contributed by atoms with van der Waals surface area (Å²) < 4.78 is 17.2. The first-order chi connectivity index (χ1) is 20.1. The largest absolute Gasteiger partial charge is 0.497 e. The van der Waals surface area contributed by atoms with E-state index in [-0.39, 0.29) is 0 Å². The van der Waals surface area contributed by atoms with Gasteiger partial charge in [-0.25, -0.2) is 0 Å². The van der Waals surface area contributed by atoms with Gasteiger partial charge in [0.05, 0.1) is 25.8 Å². The quantitative estimate of drug-likeness (QED) is 0.146. The molecule has 0 unspecified atom stereocenters. The number of ether oxygens (including phenoxy) is 3. The summed E-state index contributed by atoms with van der Waals surface area (Å²) in [4.78, 5) is 8.98. The SMILES string of the molecule is COc1cccc(CN(Cc2ccc3cccnc3c2)c2ccc(COCCOc3cccc(N(C)C)c3)cc2)c1. The number of hydrogen-bond donors (Lipinski definition) is 0. The second kappa shape index (κ2) is 13.7. The lowest BCUT2D eigenvalue weighted by molar-refractivity contribution is 0.0889. The Morgan fingerprint density at radius 1 is 0.659 bits per heavy atom. The number of nitrogens with zero attached hydrogens (tertiary/aromatic N) is 3. The number of aromatic nitrogens is 1. The molecule has 5 rings (SSSR count). The maximum atomic E-state index is 5.91. The van der Waals surface area contributed by atoms with E-state index in [0.717, 1.165) is 52.4 Å². The number of anilines is 2. The minimum absolute atomic E-state index is 0.504. The van der Waals surface area contributed by atoms with Crippen LogP contribution in [0.25, 0.3) is 10.9 Å². The van der Waals surface area contributed by atoms with Gasteiger partial charge in [-0.1, -0.05) is 48.5 Å². The molecule has 0 atom stereocenters. The van der Waals surface area contributed by atoms with E-state index in [1.54, 1.807) is 7.11 Å². The van der Waals surface area contributed by atoms with E-state index in [1.807, 2.05) is 56.7 Å². The summed E-state index contributed by atoms with van der Waals surface area (Å²) in [6.07, 6.45) is 1.84. The minimum Gasteiger partial charge on any atom is -0.497 e. The average molecular weight is 548 g/mol. The van der Waals surface area contributed by atoms with Crippen LogP contribution in [0, 0.1) is 0 Å². The fourth-order valence-electron chi connectivity index (χ4n) is 4.72. The highest BCUT2D eigenvalue weighted by Crippen LogP contribution is 2.24. The van der Waals surface area contributed by atoms with Gasteiger partial charge in [-0.05, 0) is 65.2 Å². The monoisotopic (exact) mass is 547 g/mol. The zero-order chi connectivity index (χ0) is 28.4. The van der Waals surface area contributed by atoms with Crippen molar-refractivity contribution >= 4 is 22.3 Å². The van der Waals surface area contributed by atoms with Crippen molar-refractivity contribution in [2.45, 2.75) is 19.7 Å². The van der Waals surface area contributed by atoms with E-state index >= 15 is 0 Å². The zero-order valence-corrected chi connectivity index (χ0v) is 24.0. The molecule has 0 radical (unpaired) electrons. The van der Waals surface area contributed by atoms with Crippen LogP contribution in [0.3, 0.4) is 0 Å². The number of hydrogen-bond acceptors (Lipinski definition) is 6. The maximum Gasteiger partial charge on any atom is 0.121 e. The predicted octanol–water partition coefficient (Wildman–Crippen LogP) is 7.11. The molecule has 6 heteroatoms. The van der Waals surface area contributed by atoms with Crippen LogP contribution in [0.5, 0.6) is 11.5 Å². The Hall–Kier alpha value is -4.55. The Kier molecular flexibility index (Phi) is 9.34. The summed E-state index contributed by atoms with van der Waals surface area (Å²) in [5.41, 5.74) is 6.78. The fourth-order valence-corrected chi connectivity index (χ4v) is 4.72. The first kappa shape index (κ1) is 28.0. The molecule has 0 saturated carbocycles. The van der Waals surface area contributed by atoms with Crippen molar-refractivity contribution in [3.05, 3.63) is 126 Å². The standard InChI is InChI=1S/C35H37N3O3/c1-37(2)32-9-5-11-34(23-32)41-20-19-40-26-27-13-16-31(17-14-27)38(24-28-7-4-10-33(21-28)39-3)25-29-12-15-30-8-6-18-36-35(30)22-29/h4-18,21-23H,19-20,24-26H2,1-3H3. The van der Waals surface area contributed by atoms with Gasteiger partial charge in [0.2, 0.25) is 0 Å². The van der Waals surface area contributed by atoms with Crippen molar-refractivity contribution in [2.24, 2.45) is 0 Å². The lowest BCUT2D eigenvalue weighted by Gasteiger charge is -2.26. The highest BCUT2D eigenvalue weighted by atomic mass is 16.5. The van der Waals surface area contributed by atoms with Crippen molar-refractivity contribution < 1.29 is 14.2 Å². The van der Waals surface area contributed by atoms with Gasteiger partial charge in [-0.3, -0.25) is 4.98 Å². The third-order valence-corrected chi connectivity index (χ3v) is 6.95. The molecule has 41 heavy (non-hydrogen) atoms. The van der Waals surface area contributed by atoms with Crippen LogP contribution in [-0.4, -0.2) is 39.4 Å². The van der Waals surface area contributed by atoms with Crippen LogP contribution in [0.2, 0.25) is 0 Å². The second-order valence-corrected chi connectivity index (χ2v) is 10.2. The molecular weight excluding hydrogens is 510 g/mol.